The second-order valence-corrected chi connectivity index (χ2v) is 26.1. The quantitative estimate of drug-likeness (QED) is 0.00483. The molecule has 40 heteroatoms. The minimum atomic E-state index is -0.562. The van der Waals surface area contributed by atoms with Crippen LogP contribution in [0.15, 0.2) is 98.4 Å². The van der Waals surface area contributed by atoms with Gasteiger partial charge in [0, 0.05) is 97.3 Å². The van der Waals surface area contributed by atoms with Crippen molar-refractivity contribution in [1.29, 1.82) is 0 Å². The van der Waals surface area contributed by atoms with E-state index in [4.69, 9.17) is 73.1 Å². The molecule has 16 N–H and O–H groups in total. The van der Waals surface area contributed by atoms with Gasteiger partial charge in [-0.3, -0.25) is 38.4 Å². The third-order valence-electron chi connectivity index (χ3n) is 13.1. The smallest absolute Gasteiger partial charge is 0.870 e. The Kier molecular flexibility index (Phi) is 63.6. The average molecular weight is 1660 g/mol. The van der Waals surface area contributed by atoms with Crippen LogP contribution in [0.5, 0.6) is 11.5 Å². The van der Waals surface area contributed by atoms with Crippen LogP contribution in [0.3, 0.4) is 0 Å². The molecule has 0 unspecified atom stereocenters. The van der Waals surface area contributed by atoms with Crippen LogP contribution >= 0.6 is 58.8 Å². The average Bonchev–Trinajstić information content (AvgIpc) is 0.842. The number of anilines is 8. The molecule has 2 aromatic carbocycles. The number of nitrogens with one attached hydrogen (secondary N) is 6. The number of hydrogen-bond acceptors (Lipinski definition) is 30. The Hall–Kier alpha value is -9.47. The number of nitrogen functional groups attached to an aromatic ring is 2. The Morgan fingerprint density at radius 2 is 0.786 bits per heavy atom. The van der Waals surface area contributed by atoms with Gasteiger partial charge in [0.05, 0.1) is 39.8 Å². The summed E-state index contributed by atoms with van der Waals surface area (Å²) in [4.78, 5) is 124. The number of benzene rings is 2. The molecule has 0 spiro atoms. The fraction of sp³-hybridized carbons (Fsp3) is 0.444. The SMILES string of the molecule is CC(=O)Nc1cc(Cl)ncn1.CC(=O)OC(C)=O.COC(=O)CCCCCN.COC(=O)CCCCCNc1cc(NC(C)=O)ncn1.COc1ccc(C(C)(C)C)cc1N.COc1ccc(C(C)(C)C)cc1NC(=O)CCCCCNc1cc(NC(C)=O)ncn1.Cl.Clc1cc(Cl)ncn1.N.Nc1cc(Cl)ncn1.[Li+].[OH-]. The Balaban J connectivity index is -0.000000411. The van der Waals surface area contributed by atoms with Crippen LogP contribution in [-0.4, -0.2) is 151 Å². The second-order valence-electron chi connectivity index (χ2n) is 24.5. The van der Waals surface area contributed by atoms with Crippen molar-refractivity contribution < 1.29 is 86.4 Å². The summed E-state index contributed by atoms with van der Waals surface area (Å²) in [6.45, 7) is 21.7. The van der Waals surface area contributed by atoms with Crippen LogP contribution in [0, 0.1) is 0 Å². The van der Waals surface area contributed by atoms with Crippen LogP contribution in [0.25, 0.3) is 0 Å². The molecule has 7 rings (SSSR count). The molecule has 0 fully saturated rings. The summed E-state index contributed by atoms with van der Waals surface area (Å²) in [5, 5.41) is 18.4. The molecule has 0 bridgehead atoms. The molecule has 5 heterocycles. The summed E-state index contributed by atoms with van der Waals surface area (Å²) in [5.41, 5.74) is 20.2. The van der Waals surface area contributed by atoms with Gasteiger partial charge in [-0.2, -0.15) is 0 Å². The first-order valence-corrected chi connectivity index (χ1v) is 35.2. The number of carbonyl (C=O) groups is 8. The number of nitrogens with zero attached hydrogens (tertiary/aromatic N) is 10. The van der Waals surface area contributed by atoms with E-state index < -0.39 is 11.9 Å². The first-order valence-electron chi connectivity index (χ1n) is 33.7. The predicted molar refractivity (Wildman–Crippen MR) is 436 cm³/mol. The fourth-order valence-electron chi connectivity index (χ4n) is 7.92. The van der Waals surface area contributed by atoms with Crippen LogP contribution in [0.2, 0.25) is 20.6 Å². The maximum atomic E-state index is 12.4. The molecule has 5 aromatic heterocycles. The van der Waals surface area contributed by atoms with E-state index >= 15 is 0 Å². The maximum absolute atomic E-state index is 12.4. The Bertz CT molecular complexity index is 3780. The van der Waals surface area contributed by atoms with Crippen molar-refractivity contribution in [3.63, 3.8) is 0 Å². The number of rotatable bonds is 25. The van der Waals surface area contributed by atoms with Crippen LogP contribution in [0.1, 0.15) is 164 Å². The first-order chi connectivity index (χ1) is 50.9. The summed E-state index contributed by atoms with van der Waals surface area (Å²) >= 11 is 21.8. The van der Waals surface area contributed by atoms with Gasteiger partial charge in [-0.05, 0) is 91.3 Å². The Labute approximate surface area is 693 Å². The zero-order chi connectivity index (χ0) is 81.6. The number of carbonyl (C=O) groups excluding carboxylic acids is 8. The van der Waals surface area contributed by atoms with Gasteiger partial charge in [0.15, 0.2) is 0 Å². The molecule has 616 valence electrons. The molecule has 0 radical (unpaired) electrons. The van der Waals surface area contributed by atoms with Gasteiger partial charge < -0.3 is 84.4 Å². The van der Waals surface area contributed by atoms with Gasteiger partial charge in [0.25, 0.3) is 0 Å². The van der Waals surface area contributed by atoms with Gasteiger partial charge >= 0.3 is 42.7 Å². The van der Waals surface area contributed by atoms with Gasteiger partial charge in [0.1, 0.15) is 98.7 Å². The number of nitrogens with two attached hydrogens (primary N) is 3. The van der Waals surface area contributed by atoms with Gasteiger partial charge in [-0.15, -0.1) is 12.4 Å². The third-order valence-corrected chi connectivity index (χ3v) is 14.0. The van der Waals surface area contributed by atoms with Crippen molar-refractivity contribution >= 4 is 153 Å². The summed E-state index contributed by atoms with van der Waals surface area (Å²) in [6, 6.07) is 19.6. The summed E-state index contributed by atoms with van der Waals surface area (Å²) in [7, 11) is 6.03. The van der Waals surface area contributed by atoms with E-state index in [0.717, 1.165) is 82.2 Å². The maximum Gasteiger partial charge on any atom is 1.00 e. The number of esters is 4. The van der Waals surface area contributed by atoms with E-state index in [1.54, 1.807) is 26.4 Å². The van der Waals surface area contributed by atoms with Crippen molar-refractivity contribution in [2.24, 2.45) is 5.73 Å². The van der Waals surface area contributed by atoms with Crippen molar-refractivity contribution in [3.05, 3.63) is 130 Å². The molecule has 7 aromatic rings. The van der Waals surface area contributed by atoms with Gasteiger partial charge in [-0.1, -0.05) is 119 Å². The first kappa shape index (κ1) is 111. The molecule has 0 aliphatic heterocycles. The molecule has 0 atom stereocenters. The molecular weight excluding hydrogens is 1550 g/mol. The van der Waals surface area contributed by atoms with Crippen molar-refractivity contribution in [3.8, 4) is 11.5 Å². The van der Waals surface area contributed by atoms with Crippen LogP contribution in [0.4, 0.5) is 46.3 Å². The Morgan fingerprint density at radius 1 is 0.429 bits per heavy atom. The van der Waals surface area contributed by atoms with Gasteiger partial charge in [0.2, 0.25) is 23.6 Å². The molecular formula is C72H108Cl5LiN20O14. The monoisotopic (exact) mass is 1660 g/mol. The van der Waals surface area contributed by atoms with Crippen molar-refractivity contribution in [2.75, 3.05) is 91.4 Å². The number of hydrogen-bond donors (Lipinski definition) is 10. The van der Waals surface area contributed by atoms with Crippen LogP contribution in [-0.2, 0) is 63.4 Å². The Morgan fingerprint density at radius 3 is 1.12 bits per heavy atom. The van der Waals surface area contributed by atoms with Crippen molar-refractivity contribution in [1.82, 2.24) is 56.0 Å². The largest absolute Gasteiger partial charge is 1.00 e. The fourth-order valence-corrected chi connectivity index (χ4v) is 8.57. The van der Waals surface area contributed by atoms with E-state index in [1.807, 2.05) is 30.3 Å². The molecule has 0 saturated heterocycles. The molecule has 34 nitrogen and oxygen atoms in total. The van der Waals surface area contributed by atoms with Crippen molar-refractivity contribution in [2.45, 2.75) is 164 Å². The summed E-state index contributed by atoms with van der Waals surface area (Å²) < 4.78 is 23.5. The zero-order valence-electron chi connectivity index (χ0n) is 66.4. The number of amides is 4. The normalized spacial score (nSPS) is 9.68. The van der Waals surface area contributed by atoms with E-state index in [2.05, 4.69) is 144 Å². The number of unbranched alkanes of at least 4 members (excludes halogenated alkanes) is 6. The summed E-state index contributed by atoms with van der Waals surface area (Å²) in [5.74, 6) is 2.50. The number of aromatic nitrogens is 10. The minimum absolute atomic E-state index is 0. The van der Waals surface area contributed by atoms with E-state index in [-0.39, 0.29) is 89.3 Å². The molecule has 4 amide bonds. The number of methoxy groups -OCH3 is 4. The van der Waals surface area contributed by atoms with E-state index in [1.165, 1.54) is 104 Å². The zero-order valence-corrected chi connectivity index (χ0v) is 70.3. The number of halogens is 5. The standard InChI is InChI=1S/C23H33N5O3.C13H20N4O3.C11H17NO.C7H15NO2.C6H6ClN3O.C4H2Cl2N2.C4H4ClN3.C4H6O3.ClH.Li.H3N.H2O/c1-16(29)27-21-14-20(25-15-26-21)24-12-8-6-7-9-22(30)28-18-13-17(23(2,3)4)10-11-19(18)31-5;1-10(18)17-12-8-11(15-9-16-12)14-7-5-3-4-6-13(19)20-2;1-11(2,3)8-5-6-10(13-4)9(12)7-8;1-10-7(9)5-3-2-4-6-8;1-4(11)10-6-2-5(7)8-3-9-6;2*5-3-1-4(6)8-2-7-3;1-3(5)7-4(2)6;;;;/h10-11,13-15H,6-9,12H2,1-5H3,(H,28,30)(H2,24,25,26,27,29);8-9H,3-7H2,1-2H3,(H2,14,15,16,17,18);5-7H,12H2,1-4H3;2-6,8H2,1H3;2-3H,1H3,(H,8,9,10,11);1-2H;1-2H,(H2,6,7,8);1-2H3;1H;;1H3;1H2/q;;;;;;;;;+1;;/p-1. The predicted octanol–water partition coefficient (Wildman–Crippen LogP) is 10.3. The summed E-state index contributed by atoms with van der Waals surface area (Å²) in [6.07, 6.45) is 16.3. The molecule has 0 aliphatic rings. The number of ether oxygens (including phenoxy) is 5. The van der Waals surface area contributed by atoms with Gasteiger partial charge in [-0.25, -0.2) is 49.8 Å². The molecule has 0 aliphatic carbocycles. The van der Waals surface area contributed by atoms with E-state index in [9.17, 15) is 38.4 Å². The topological polar surface area (TPSA) is 527 Å². The third kappa shape index (κ3) is 58.4. The van der Waals surface area contributed by atoms with Crippen LogP contribution < -0.4 is 83.6 Å². The molecule has 0 saturated carbocycles. The van der Waals surface area contributed by atoms with E-state index in [0.29, 0.717) is 98.5 Å². The molecule has 112 heavy (non-hydrogen) atoms. The minimum Gasteiger partial charge on any atom is -0.870 e. The second kappa shape index (κ2) is 64.1.